The number of benzene rings is 1. The fourth-order valence-corrected chi connectivity index (χ4v) is 3.00. The largest absolute Gasteiger partial charge is 0.488 e. The molecular formula is C14H16FN3O2S. The van der Waals surface area contributed by atoms with Crippen molar-refractivity contribution in [3.05, 3.63) is 35.9 Å². The Morgan fingerprint density at radius 1 is 1.48 bits per heavy atom. The number of aromatic nitrogens is 2. The van der Waals surface area contributed by atoms with Crippen LogP contribution in [0.1, 0.15) is 12.2 Å². The van der Waals surface area contributed by atoms with E-state index in [1.807, 2.05) is 0 Å². The maximum Gasteiger partial charge on any atom is 0.205 e. The van der Waals surface area contributed by atoms with Crippen LogP contribution in [0.15, 0.2) is 24.3 Å². The van der Waals surface area contributed by atoms with Crippen molar-refractivity contribution >= 4 is 16.7 Å². The molecule has 0 saturated carbocycles. The molecule has 7 heteroatoms. The normalized spacial score (nSPS) is 18.2. The van der Waals surface area contributed by atoms with E-state index in [0.29, 0.717) is 18.2 Å². The van der Waals surface area contributed by atoms with Crippen molar-refractivity contribution in [2.75, 3.05) is 25.1 Å². The van der Waals surface area contributed by atoms with E-state index in [0.717, 1.165) is 24.6 Å². The summed E-state index contributed by atoms with van der Waals surface area (Å²) >= 11 is 1.37. The first-order valence-corrected chi connectivity index (χ1v) is 7.50. The highest BCUT2D eigenvalue weighted by molar-refractivity contribution is 7.09. The van der Waals surface area contributed by atoms with E-state index in [1.165, 1.54) is 23.7 Å². The van der Waals surface area contributed by atoms with Crippen molar-refractivity contribution in [1.29, 1.82) is 0 Å². The van der Waals surface area contributed by atoms with E-state index >= 15 is 0 Å². The first-order chi connectivity index (χ1) is 10.2. The summed E-state index contributed by atoms with van der Waals surface area (Å²) in [5, 5.41) is 0.882. The summed E-state index contributed by atoms with van der Waals surface area (Å²) in [7, 11) is 1.62. The predicted molar refractivity (Wildman–Crippen MR) is 78.3 cm³/mol. The first-order valence-electron chi connectivity index (χ1n) is 6.73. The monoisotopic (exact) mass is 309 g/mol. The summed E-state index contributed by atoms with van der Waals surface area (Å²) in [5.41, 5.74) is 0. The Balaban J connectivity index is 1.59. The fourth-order valence-electron chi connectivity index (χ4n) is 2.29. The number of hydrogen-bond acceptors (Lipinski definition) is 6. The lowest BCUT2D eigenvalue weighted by Gasteiger charge is -2.15. The van der Waals surface area contributed by atoms with Crippen molar-refractivity contribution < 1.29 is 13.9 Å². The average molecular weight is 309 g/mol. The van der Waals surface area contributed by atoms with Gasteiger partial charge in [0.1, 0.15) is 24.3 Å². The van der Waals surface area contributed by atoms with E-state index in [2.05, 4.69) is 14.3 Å². The Morgan fingerprint density at radius 2 is 2.38 bits per heavy atom. The molecule has 5 nitrogen and oxygen atoms in total. The van der Waals surface area contributed by atoms with Gasteiger partial charge in [-0.05, 0) is 12.1 Å². The summed E-state index contributed by atoms with van der Waals surface area (Å²) in [4.78, 5) is 6.57. The number of nitrogens with zero attached hydrogens (tertiary/aromatic N) is 3. The van der Waals surface area contributed by atoms with E-state index < -0.39 is 0 Å². The number of halogens is 1. The minimum atomic E-state index is -0.282. The number of hydrogen-bond donors (Lipinski definition) is 0. The Morgan fingerprint density at radius 3 is 3.19 bits per heavy atom. The third kappa shape index (κ3) is 3.48. The zero-order chi connectivity index (χ0) is 14.7. The Kier molecular flexibility index (Phi) is 4.31. The van der Waals surface area contributed by atoms with Crippen LogP contribution in [-0.4, -0.2) is 35.7 Å². The topological polar surface area (TPSA) is 47.5 Å². The summed E-state index contributed by atoms with van der Waals surface area (Å²) in [6.07, 6.45) is 0.928. The highest BCUT2D eigenvalue weighted by atomic mass is 32.1. The van der Waals surface area contributed by atoms with Crippen molar-refractivity contribution in [1.82, 2.24) is 9.36 Å². The van der Waals surface area contributed by atoms with Crippen LogP contribution < -0.4 is 9.64 Å². The van der Waals surface area contributed by atoms with Gasteiger partial charge in [-0.15, -0.1) is 0 Å². The molecule has 21 heavy (non-hydrogen) atoms. The van der Waals surface area contributed by atoms with Crippen LogP contribution in [0.25, 0.3) is 0 Å². The molecule has 1 atom stereocenters. The van der Waals surface area contributed by atoms with Crippen LogP contribution >= 0.6 is 11.5 Å². The zero-order valence-corrected chi connectivity index (χ0v) is 12.5. The maximum absolute atomic E-state index is 13.1. The number of anilines is 1. The van der Waals surface area contributed by atoms with E-state index in [1.54, 1.807) is 19.2 Å². The number of methoxy groups -OCH3 is 1. The van der Waals surface area contributed by atoms with Crippen molar-refractivity contribution in [2.45, 2.75) is 19.1 Å². The molecule has 0 aliphatic carbocycles. The third-order valence-corrected chi connectivity index (χ3v) is 4.06. The molecule has 0 amide bonds. The molecule has 1 aromatic heterocycles. The quantitative estimate of drug-likeness (QED) is 0.849. The first kappa shape index (κ1) is 14.2. The summed E-state index contributed by atoms with van der Waals surface area (Å²) in [5.74, 6) is 0.988. The zero-order valence-electron chi connectivity index (χ0n) is 11.7. The Bertz CT molecular complexity index is 607. The summed E-state index contributed by atoms with van der Waals surface area (Å²) in [6.45, 7) is 2.02. The van der Waals surface area contributed by atoms with E-state index in [9.17, 15) is 4.39 Å². The smallest absolute Gasteiger partial charge is 0.205 e. The molecule has 1 aliphatic rings. The molecule has 1 fully saturated rings. The second kappa shape index (κ2) is 6.36. The molecular weight excluding hydrogens is 293 g/mol. The molecule has 2 heterocycles. The second-order valence-electron chi connectivity index (χ2n) is 4.86. The van der Waals surface area contributed by atoms with E-state index in [-0.39, 0.29) is 11.9 Å². The third-order valence-electron chi connectivity index (χ3n) is 3.25. The van der Waals surface area contributed by atoms with E-state index in [4.69, 9.17) is 9.47 Å². The minimum absolute atomic E-state index is 0.0431. The van der Waals surface area contributed by atoms with Gasteiger partial charge in [-0.25, -0.2) is 9.37 Å². The van der Waals surface area contributed by atoms with Gasteiger partial charge in [-0.3, -0.25) is 0 Å². The van der Waals surface area contributed by atoms with Crippen LogP contribution in [0.2, 0.25) is 0 Å². The van der Waals surface area contributed by atoms with Gasteiger partial charge in [-0.2, -0.15) is 4.37 Å². The van der Waals surface area contributed by atoms with Crippen LogP contribution in [0.3, 0.4) is 0 Å². The summed E-state index contributed by atoms with van der Waals surface area (Å²) in [6, 6.07) is 6.24. The van der Waals surface area contributed by atoms with Gasteiger partial charge in [0, 0.05) is 37.7 Å². The molecule has 0 spiro atoms. The lowest BCUT2D eigenvalue weighted by Crippen LogP contribution is -2.24. The lowest BCUT2D eigenvalue weighted by atomic mass is 10.3. The maximum atomic E-state index is 13.1. The molecule has 1 saturated heterocycles. The molecule has 0 radical (unpaired) electrons. The van der Waals surface area contributed by atoms with Gasteiger partial charge >= 0.3 is 0 Å². The second-order valence-corrected chi connectivity index (χ2v) is 5.59. The van der Waals surface area contributed by atoms with Crippen LogP contribution in [0.5, 0.6) is 5.75 Å². The van der Waals surface area contributed by atoms with Gasteiger partial charge in [-0.1, -0.05) is 6.07 Å². The van der Waals surface area contributed by atoms with Gasteiger partial charge in [0.15, 0.2) is 5.82 Å². The van der Waals surface area contributed by atoms with Gasteiger partial charge < -0.3 is 14.4 Å². The van der Waals surface area contributed by atoms with Gasteiger partial charge in [0.25, 0.3) is 0 Å². The summed E-state index contributed by atoms with van der Waals surface area (Å²) < 4.78 is 28.2. The molecule has 1 unspecified atom stereocenters. The molecule has 2 aromatic rings. The molecule has 1 aromatic carbocycles. The van der Waals surface area contributed by atoms with Crippen LogP contribution in [-0.2, 0) is 11.3 Å². The SMILES string of the molecule is COCc1nsc(N2CCC(Oc3cccc(F)c3)C2)n1. The van der Waals surface area contributed by atoms with Crippen LogP contribution in [0, 0.1) is 5.82 Å². The average Bonchev–Trinajstić information content (AvgIpc) is 3.08. The Hall–Kier alpha value is -1.73. The minimum Gasteiger partial charge on any atom is -0.488 e. The van der Waals surface area contributed by atoms with Crippen molar-refractivity contribution in [2.24, 2.45) is 0 Å². The fraction of sp³-hybridized carbons (Fsp3) is 0.429. The predicted octanol–water partition coefficient (Wildman–Crippen LogP) is 2.48. The molecule has 112 valence electrons. The standard InChI is InChI=1S/C14H16FN3O2S/c1-19-9-13-16-14(21-17-13)18-6-5-12(8-18)20-11-4-2-3-10(15)7-11/h2-4,7,12H,5-6,8-9H2,1H3. The lowest BCUT2D eigenvalue weighted by molar-refractivity contribution is 0.179. The van der Waals surface area contributed by atoms with Gasteiger partial charge in [0.05, 0.1) is 6.54 Å². The highest BCUT2D eigenvalue weighted by Gasteiger charge is 2.26. The van der Waals surface area contributed by atoms with Gasteiger partial charge in [0.2, 0.25) is 5.13 Å². The molecule has 3 rings (SSSR count). The molecule has 0 N–H and O–H groups in total. The highest BCUT2D eigenvalue weighted by Crippen LogP contribution is 2.25. The Labute approximate surface area is 126 Å². The van der Waals surface area contributed by atoms with Crippen molar-refractivity contribution in [3.63, 3.8) is 0 Å². The van der Waals surface area contributed by atoms with Crippen LogP contribution in [0.4, 0.5) is 9.52 Å². The number of ether oxygens (including phenoxy) is 2. The number of rotatable bonds is 5. The molecule has 0 bridgehead atoms. The molecule has 1 aliphatic heterocycles. The van der Waals surface area contributed by atoms with Crippen molar-refractivity contribution in [3.8, 4) is 5.75 Å².